The van der Waals surface area contributed by atoms with Crippen LogP contribution in [0, 0.1) is 13.8 Å². The molecular formula is C23H21N3O3S. The van der Waals surface area contributed by atoms with Crippen molar-refractivity contribution >= 4 is 23.0 Å². The zero-order valence-corrected chi connectivity index (χ0v) is 17.6. The predicted octanol–water partition coefficient (Wildman–Crippen LogP) is 4.56. The molecular weight excluding hydrogens is 398 g/mol. The van der Waals surface area contributed by atoms with Crippen molar-refractivity contribution in [3.8, 4) is 5.69 Å². The number of hydrogen-bond acceptors (Lipinski definition) is 5. The van der Waals surface area contributed by atoms with Gasteiger partial charge in [0.2, 0.25) is 0 Å². The van der Waals surface area contributed by atoms with Gasteiger partial charge >= 0.3 is 0 Å². The molecule has 4 rings (SSSR count). The fourth-order valence-electron chi connectivity index (χ4n) is 3.42. The normalized spacial score (nSPS) is 10.9. The molecule has 4 aromatic rings. The van der Waals surface area contributed by atoms with Crippen LogP contribution in [0.3, 0.4) is 0 Å². The molecule has 0 spiro atoms. The van der Waals surface area contributed by atoms with E-state index in [-0.39, 0.29) is 6.54 Å². The lowest BCUT2D eigenvalue weighted by Crippen LogP contribution is -2.36. The van der Waals surface area contributed by atoms with Crippen LogP contribution in [0.15, 0.2) is 70.7 Å². The van der Waals surface area contributed by atoms with Crippen molar-refractivity contribution in [2.24, 2.45) is 0 Å². The second-order valence-corrected chi connectivity index (χ2v) is 7.97. The Morgan fingerprint density at radius 1 is 1.03 bits per heavy atom. The van der Waals surface area contributed by atoms with Gasteiger partial charge in [-0.1, -0.05) is 24.3 Å². The van der Waals surface area contributed by atoms with Crippen molar-refractivity contribution in [3.05, 3.63) is 93.8 Å². The standard InChI is InChI=1S/C23H21N3O3S/c1-16-21(17(2)26(24-16)18-8-4-3-5-9-18)22(27)23(28)25(14-19-10-6-12-29-19)15-20-11-7-13-30-20/h3-13H,14-15H2,1-2H3. The van der Waals surface area contributed by atoms with E-state index < -0.39 is 11.7 Å². The van der Waals surface area contributed by atoms with Crippen LogP contribution in [-0.4, -0.2) is 26.4 Å². The molecule has 0 radical (unpaired) electrons. The molecule has 0 aliphatic rings. The number of rotatable bonds is 7. The van der Waals surface area contributed by atoms with Crippen molar-refractivity contribution in [2.75, 3.05) is 0 Å². The molecule has 0 aliphatic heterocycles. The van der Waals surface area contributed by atoms with E-state index in [1.807, 2.05) is 54.8 Å². The Morgan fingerprint density at radius 3 is 2.50 bits per heavy atom. The van der Waals surface area contributed by atoms with Gasteiger partial charge in [-0.25, -0.2) is 4.68 Å². The first-order valence-electron chi connectivity index (χ1n) is 9.54. The van der Waals surface area contributed by atoms with Gasteiger partial charge in [-0.2, -0.15) is 5.10 Å². The van der Waals surface area contributed by atoms with Crippen LogP contribution in [0.25, 0.3) is 5.69 Å². The second kappa shape index (κ2) is 8.51. The number of ketones is 1. The lowest BCUT2D eigenvalue weighted by Gasteiger charge is -2.20. The van der Waals surface area contributed by atoms with Gasteiger partial charge in [0.25, 0.3) is 11.7 Å². The van der Waals surface area contributed by atoms with Crippen LogP contribution in [0.2, 0.25) is 0 Å². The number of para-hydroxylation sites is 1. The van der Waals surface area contributed by atoms with Gasteiger partial charge in [0, 0.05) is 4.88 Å². The summed E-state index contributed by atoms with van der Waals surface area (Å²) in [4.78, 5) is 29.0. The zero-order valence-electron chi connectivity index (χ0n) is 16.7. The largest absolute Gasteiger partial charge is 0.467 e. The Morgan fingerprint density at radius 2 is 1.83 bits per heavy atom. The molecule has 6 nitrogen and oxygen atoms in total. The van der Waals surface area contributed by atoms with Crippen LogP contribution < -0.4 is 0 Å². The summed E-state index contributed by atoms with van der Waals surface area (Å²) in [5, 5.41) is 6.45. The molecule has 152 valence electrons. The SMILES string of the molecule is Cc1nn(-c2ccccc2)c(C)c1C(=O)C(=O)N(Cc1ccco1)Cc1cccs1. The maximum atomic E-state index is 13.3. The minimum absolute atomic E-state index is 0.223. The van der Waals surface area contributed by atoms with Gasteiger partial charge in [-0.3, -0.25) is 9.59 Å². The van der Waals surface area contributed by atoms with E-state index in [9.17, 15) is 9.59 Å². The second-order valence-electron chi connectivity index (χ2n) is 6.94. The van der Waals surface area contributed by atoms with E-state index in [0.717, 1.165) is 10.6 Å². The number of Topliss-reactive ketones (excluding diaryl/α,β-unsaturated/α-hetero) is 1. The van der Waals surface area contributed by atoms with Crippen molar-refractivity contribution in [1.29, 1.82) is 0 Å². The Balaban J connectivity index is 1.65. The number of hydrogen-bond donors (Lipinski definition) is 0. The molecule has 3 aromatic heterocycles. The molecule has 0 unspecified atom stereocenters. The van der Waals surface area contributed by atoms with Gasteiger partial charge in [-0.05, 0) is 49.6 Å². The molecule has 1 aromatic carbocycles. The van der Waals surface area contributed by atoms with Crippen LogP contribution in [0.5, 0.6) is 0 Å². The zero-order chi connectivity index (χ0) is 21.1. The minimum Gasteiger partial charge on any atom is -0.467 e. The summed E-state index contributed by atoms with van der Waals surface area (Å²) in [5.74, 6) is -0.505. The summed E-state index contributed by atoms with van der Waals surface area (Å²) in [6, 6.07) is 17.0. The molecule has 1 amide bonds. The molecule has 0 bridgehead atoms. The number of carbonyl (C=O) groups is 2. The molecule has 0 atom stereocenters. The third-order valence-electron chi connectivity index (χ3n) is 4.85. The number of carbonyl (C=O) groups excluding carboxylic acids is 2. The number of furan rings is 1. The average Bonchev–Trinajstić information content (AvgIpc) is 3.50. The highest BCUT2D eigenvalue weighted by Gasteiger charge is 2.29. The smallest absolute Gasteiger partial charge is 0.295 e. The molecule has 0 saturated heterocycles. The van der Waals surface area contributed by atoms with Crippen molar-refractivity contribution < 1.29 is 14.0 Å². The van der Waals surface area contributed by atoms with Gasteiger partial charge in [0.05, 0.1) is 42.0 Å². The highest BCUT2D eigenvalue weighted by Crippen LogP contribution is 2.21. The number of nitrogens with zero attached hydrogens (tertiary/aromatic N) is 3. The minimum atomic E-state index is -0.571. The number of amides is 1. The fourth-order valence-corrected chi connectivity index (χ4v) is 4.14. The Bertz CT molecular complexity index is 1110. The maximum Gasteiger partial charge on any atom is 0.295 e. The van der Waals surface area contributed by atoms with Crippen LogP contribution in [0.1, 0.15) is 32.4 Å². The molecule has 7 heteroatoms. The molecule has 0 fully saturated rings. The molecule has 0 aliphatic carbocycles. The van der Waals surface area contributed by atoms with Gasteiger partial charge in [0.1, 0.15) is 5.76 Å². The predicted molar refractivity (Wildman–Crippen MR) is 115 cm³/mol. The third-order valence-corrected chi connectivity index (χ3v) is 5.72. The number of aryl methyl sites for hydroxylation is 1. The molecule has 3 heterocycles. The van der Waals surface area contributed by atoms with E-state index in [1.54, 1.807) is 41.3 Å². The number of thiophene rings is 1. The quantitative estimate of drug-likeness (QED) is 0.325. The van der Waals surface area contributed by atoms with Crippen molar-refractivity contribution in [3.63, 3.8) is 0 Å². The number of aromatic nitrogens is 2. The van der Waals surface area contributed by atoms with Crippen LogP contribution in [0.4, 0.5) is 0 Å². The summed E-state index contributed by atoms with van der Waals surface area (Å²) in [5.41, 5.74) is 2.37. The van der Waals surface area contributed by atoms with Gasteiger partial charge < -0.3 is 9.32 Å². The number of benzene rings is 1. The van der Waals surface area contributed by atoms with Crippen molar-refractivity contribution in [1.82, 2.24) is 14.7 Å². The van der Waals surface area contributed by atoms with Crippen LogP contribution >= 0.6 is 11.3 Å². The highest BCUT2D eigenvalue weighted by molar-refractivity contribution is 7.09. The van der Waals surface area contributed by atoms with Crippen LogP contribution in [-0.2, 0) is 17.9 Å². The topological polar surface area (TPSA) is 68.3 Å². The van der Waals surface area contributed by atoms with Crippen molar-refractivity contribution in [2.45, 2.75) is 26.9 Å². The fraction of sp³-hybridized carbons (Fsp3) is 0.174. The van der Waals surface area contributed by atoms with E-state index in [2.05, 4.69) is 5.10 Å². The third kappa shape index (κ3) is 3.97. The summed E-state index contributed by atoms with van der Waals surface area (Å²) < 4.78 is 7.11. The first kappa shape index (κ1) is 19.8. The Kier molecular flexibility index (Phi) is 5.63. The van der Waals surface area contributed by atoms with Gasteiger partial charge in [0.15, 0.2) is 0 Å². The van der Waals surface area contributed by atoms with E-state index in [4.69, 9.17) is 4.42 Å². The molecule has 0 saturated carbocycles. The lowest BCUT2D eigenvalue weighted by atomic mass is 10.1. The van der Waals surface area contributed by atoms with E-state index in [1.165, 1.54) is 4.90 Å². The maximum absolute atomic E-state index is 13.3. The first-order chi connectivity index (χ1) is 14.5. The highest BCUT2D eigenvalue weighted by atomic mass is 32.1. The Labute approximate surface area is 178 Å². The summed E-state index contributed by atoms with van der Waals surface area (Å²) >= 11 is 1.54. The average molecular weight is 420 g/mol. The molecule has 0 N–H and O–H groups in total. The summed E-state index contributed by atoms with van der Waals surface area (Å²) in [7, 11) is 0. The van der Waals surface area contributed by atoms with E-state index >= 15 is 0 Å². The van der Waals surface area contributed by atoms with E-state index in [0.29, 0.717) is 29.3 Å². The van der Waals surface area contributed by atoms with Gasteiger partial charge in [-0.15, -0.1) is 11.3 Å². The first-order valence-corrected chi connectivity index (χ1v) is 10.4. The molecule has 30 heavy (non-hydrogen) atoms. The lowest BCUT2D eigenvalue weighted by molar-refractivity contribution is -0.127. The Hall–Kier alpha value is -3.45. The summed E-state index contributed by atoms with van der Waals surface area (Å²) in [6.45, 7) is 4.13. The monoisotopic (exact) mass is 419 g/mol. The summed E-state index contributed by atoms with van der Waals surface area (Å²) in [6.07, 6.45) is 1.56.